The molecule has 5 nitrogen and oxygen atoms in total. The average Bonchev–Trinajstić information content (AvgIpc) is 2.99. The Morgan fingerprint density at radius 2 is 2.10 bits per heavy atom. The van der Waals surface area contributed by atoms with Gasteiger partial charge in [0.05, 0.1) is 10.5 Å². The summed E-state index contributed by atoms with van der Waals surface area (Å²) in [6.07, 6.45) is -3.68. The van der Waals surface area contributed by atoms with Gasteiger partial charge in [-0.1, -0.05) is 0 Å². The normalized spacial score (nSPS) is 25.2. The van der Waals surface area contributed by atoms with Gasteiger partial charge in [0, 0.05) is 31.7 Å². The van der Waals surface area contributed by atoms with E-state index in [1.54, 1.807) is 0 Å². The lowest BCUT2D eigenvalue weighted by molar-refractivity contribution is -0.384. The van der Waals surface area contributed by atoms with E-state index >= 15 is 0 Å². The lowest BCUT2D eigenvalue weighted by Gasteiger charge is -2.25. The van der Waals surface area contributed by atoms with Gasteiger partial charge in [0.2, 0.25) is 0 Å². The molecule has 0 amide bonds. The van der Waals surface area contributed by atoms with Gasteiger partial charge in [-0.3, -0.25) is 10.1 Å². The van der Waals surface area contributed by atoms with Gasteiger partial charge in [0.1, 0.15) is 5.69 Å². The van der Waals surface area contributed by atoms with Crippen LogP contribution in [0.1, 0.15) is 12.0 Å². The Balaban J connectivity index is 2.00. The number of benzene rings is 1. The number of nitro groups is 1. The Kier molecular flexibility index (Phi) is 3.27. The molecule has 2 saturated heterocycles. The molecule has 0 aromatic heterocycles. The van der Waals surface area contributed by atoms with Crippen LogP contribution in [-0.4, -0.2) is 30.6 Å². The molecular weight excluding hydrogens is 287 g/mol. The zero-order valence-corrected chi connectivity index (χ0v) is 11.1. The maximum absolute atomic E-state index is 12.7. The van der Waals surface area contributed by atoms with Crippen molar-refractivity contribution >= 4 is 11.4 Å². The minimum Gasteiger partial charge on any atom is -0.361 e. The van der Waals surface area contributed by atoms with Gasteiger partial charge in [0.15, 0.2) is 0 Å². The lowest BCUT2D eigenvalue weighted by atomic mass is 10.0. The Labute approximate surface area is 118 Å². The van der Waals surface area contributed by atoms with Gasteiger partial charge in [-0.15, -0.1) is 0 Å². The Bertz CT molecular complexity index is 576. The fourth-order valence-electron chi connectivity index (χ4n) is 3.24. The average molecular weight is 301 g/mol. The van der Waals surface area contributed by atoms with Crippen molar-refractivity contribution in [2.24, 2.45) is 5.92 Å². The van der Waals surface area contributed by atoms with Crippen LogP contribution in [0.25, 0.3) is 0 Å². The molecule has 8 heteroatoms. The van der Waals surface area contributed by atoms with Crippen molar-refractivity contribution in [3.63, 3.8) is 0 Å². The fourth-order valence-corrected chi connectivity index (χ4v) is 3.24. The van der Waals surface area contributed by atoms with E-state index in [1.807, 2.05) is 4.90 Å². The van der Waals surface area contributed by atoms with Crippen molar-refractivity contribution in [2.75, 3.05) is 24.5 Å². The third kappa shape index (κ3) is 2.44. The number of nitro benzene ring substituents is 1. The van der Waals surface area contributed by atoms with E-state index in [0.29, 0.717) is 25.1 Å². The molecule has 114 valence electrons. The molecule has 2 heterocycles. The van der Waals surface area contributed by atoms with Crippen LogP contribution < -0.4 is 10.2 Å². The third-order valence-corrected chi connectivity index (χ3v) is 4.25. The molecule has 0 saturated carbocycles. The molecule has 2 aliphatic heterocycles. The Morgan fingerprint density at radius 3 is 2.76 bits per heavy atom. The van der Waals surface area contributed by atoms with Gasteiger partial charge in [-0.25, -0.2) is 0 Å². The van der Waals surface area contributed by atoms with Crippen molar-refractivity contribution in [2.45, 2.75) is 18.6 Å². The highest BCUT2D eigenvalue weighted by atomic mass is 19.4. The molecule has 3 rings (SSSR count). The standard InChI is InChI=1S/C13H14F3N3O2/c14-13(15,16)9-1-2-10(11(5-9)19(20)21)18-4-3-8-6-17-7-12(8)18/h1-2,5,8,12,17H,3-4,6-7H2/t8-,12+/m0/s1. The van der Waals surface area contributed by atoms with Crippen molar-refractivity contribution in [1.82, 2.24) is 5.32 Å². The van der Waals surface area contributed by atoms with E-state index in [0.717, 1.165) is 19.0 Å². The van der Waals surface area contributed by atoms with Crippen LogP contribution in [0.4, 0.5) is 24.5 Å². The number of halogens is 3. The summed E-state index contributed by atoms with van der Waals surface area (Å²) in [4.78, 5) is 12.3. The predicted molar refractivity (Wildman–Crippen MR) is 70.2 cm³/mol. The summed E-state index contributed by atoms with van der Waals surface area (Å²) < 4.78 is 38.1. The number of alkyl halides is 3. The van der Waals surface area contributed by atoms with Crippen molar-refractivity contribution in [3.8, 4) is 0 Å². The second-order valence-corrected chi connectivity index (χ2v) is 5.43. The third-order valence-electron chi connectivity index (χ3n) is 4.25. The summed E-state index contributed by atoms with van der Waals surface area (Å²) in [7, 11) is 0. The van der Waals surface area contributed by atoms with Crippen molar-refractivity contribution in [1.29, 1.82) is 0 Å². The maximum atomic E-state index is 12.7. The highest BCUT2D eigenvalue weighted by molar-refractivity contribution is 5.66. The first-order valence-corrected chi connectivity index (χ1v) is 6.71. The largest absolute Gasteiger partial charge is 0.416 e. The number of hydrogen-bond donors (Lipinski definition) is 1. The summed E-state index contributed by atoms with van der Waals surface area (Å²) in [5.74, 6) is 0.409. The molecule has 2 fully saturated rings. The molecule has 2 aliphatic rings. The van der Waals surface area contributed by atoms with Gasteiger partial charge in [0.25, 0.3) is 5.69 Å². The topological polar surface area (TPSA) is 58.4 Å². The van der Waals surface area contributed by atoms with Crippen LogP contribution in [0.15, 0.2) is 18.2 Å². The molecule has 0 radical (unpaired) electrons. The van der Waals surface area contributed by atoms with Gasteiger partial charge in [-0.2, -0.15) is 13.2 Å². The number of anilines is 1. The fraction of sp³-hybridized carbons (Fsp3) is 0.538. The summed E-state index contributed by atoms with van der Waals surface area (Å²) in [6, 6.07) is 2.89. The summed E-state index contributed by atoms with van der Waals surface area (Å²) in [5.41, 5.74) is -1.18. The lowest BCUT2D eigenvalue weighted by Crippen LogP contribution is -2.34. The molecule has 0 aliphatic carbocycles. The second kappa shape index (κ2) is 4.87. The summed E-state index contributed by atoms with van der Waals surface area (Å²) in [5, 5.41) is 14.4. The van der Waals surface area contributed by atoms with Crippen LogP contribution in [0, 0.1) is 16.0 Å². The van der Waals surface area contributed by atoms with Crippen LogP contribution in [0.2, 0.25) is 0 Å². The number of hydrogen-bond acceptors (Lipinski definition) is 4. The van der Waals surface area contributed by atoms with E-state index in [9.17, 15) is 23.3 Å². The zero-order valence-electron chi connectivity index (χ0n) is 11.1. The Morgan fingerprint density at radius 1 is 1.33 bits per heavy atom. The van der Waals surface area contributed by atoms with Crippen LogP contribution in [0.5, 0.6) is 0 Å². The molecule has 1 N–H and O–H groups in total. The summed E-state index contributed by atoms with van der Waals surface area (Å²) >= 11 is 0. The first-order valence-electron chi connectivity index (χ1n) is 6.71. The highest BCUT2D eigenvalue weighted by Crippen LogP contribution is 2.40. The van der Waals surface area contributed by atoms with Crippen LogP contribution in [0.3, 0.4) is 0 Å². The molecule has 1 aromatic rings. The monoisotopic (exact) mass is 301 g/mol. The van der Waals surface area contributed by atoms with Gasteiger partial charge >= 0.3 is 6.18 Å². The van der Waals surface area contributed by atoms with E-state index in [4.69, 9.17) is 0 Å². The van der Waals surface area contributed by atoms with Crippen molar-refractivity contribution in [3.05, 3.63) is 33.9 Å². The summed E-state index contributed by atoms with van der Waals surface area (Å²) in [6.45, 7) is 2.21. The van der Waals surface area contributed by atoms with Gasteiger partial charge in [-0.05, 0) is 24.5 Å². The first kappa shape index (κ1) is 14.1. The molecule has 0 spiro atoms. The van der Waals surface area contributed by atoms with Crippen molar-refractivity contribution < 1.29 is 18.1 Å². The first-order chi connectivity index (χ1) is 9.88. The number of nitrogens with zero attached hydrogens (tertiary/aromatic N) is 2. The minimum atomic E-state index is -4.58. The van der Waals surface area contributed by atoms with E-state index in [1.165, 1.54) is 6.07 Å². The predicted octanol–water partition coefficient (Wildman–Crippen LogP) is 2.41. The molecule has 1 aromatic carbocycles. The van der Waals surface area contributed by atoms with E-state index in [-0.39, 0.29) is 11.7 Å². The quantitative estimate of drug-likeness (QED) is 0.673. The van der Waals surface area contributed by atoms with Crippen LogP contribution >= 0.6 is 0 Å². The number of fused-ring (bicyclic) bond motifs is 1. The van der Waals surface area contributed by atoms with Crippen LogP contribution in [-0.2, 0) is 6.18 Å². The molecular formula is C13H14F3N3O2. The molecule has 0 unspecified atom stereocenters. The smallest absolute Gasteiger partial charge is 0.361 e. The number of rotatable bonds is 2. The highest BCUT2D eigenvalue weighted by Gasteiger charge is 2.41. The minimum absolute atomic E-state index is 0.125. The molecule has 0 bridgehead atoms. The second-order valence-electron chi connectivity index (χ2n) is 5.43. The SMILES string of the molecule is O=[N+]([O-])c1cc(C(F)(F)F)ccc1N1CC[C@H]2CNC[C@H]21. The van der Waals surface area contributed by atoms with Gasteiger partial charge < -0.3 is 10.2 Å². The van der Waals surface area contributed by atoms with E-state index in [2.05, 4.69) is 5.32 Å². The van der Waals surface area contributed by atoms with E-state index < -0.39 is 22.4 Å². The maximum Gasteiger partial charge on any atom is 0.416 e. The number of nitrogens with one attached hydrogen (secondary N) is 1. The molecule has 2 atom stereocenters. The molecule has 21 heavy (non-hydrogen) atoms. The zero-order chi connectivity index (χ0) is 15.2. The Hall–Kier alpha value is -1.83.